The fourth-order valence-electron chi connectivity index (χ4n) is 5.49. The molecule has 0 aliphatic rings. The zero-order valence-corrected chi connectivity index (χ0v) is 23.3. The van der Waals surface area contributed by atoms with Crippen molar-refractivity contribution in [3.05, 3.63) is 120 Å². The molecule has 0 radical (unpaired) electrons. The summed E-state index contributed by atoms with van der Waals surface area (Å²) in [6.45, 7) is 4.28. The largest absolute Gasteiger partial charge is 0.294 e. The van der Waals surface area contributed by atoms with E-state index in [2.05, 4.69) is 114 Å². The Kier molecular flexibility index (Phi) is 5.91. The third kappa shape index (κ3) is 4.28. The lowest BCUT2D eigenvalue weighted by Gasteiger charge is -2.12. The summed E-state index contributed by atoms with van der Waals surface area (Å²) in [6, 6.07) is 36.3. The normalized spacial score (nSPS) is 11.6. The second-order valence-corrected chi connectivity index (χ2v) is 11.5. The summed E-state index contributed by atoms with van der Waals surface area (Å²) < 4.78 is 2.24. The monoisotopic (exact) mass is 539 g/mol. The molecule has 3 heterocycles. The van der Waals surface area contributed by atoms with Crippen LogP contribution in [-0.2, 0) is 0 Å². The van der Waals surface area contributed by atoms with Crippen molar-refractivity contribution in [2.24, 2.45) is 0 Å². The first-order chi connectivity index (χ1) is 19.0. The highest BCUT2D eigenvalue weighted by Gasteiger charge is 2.15. The molecular weight excluding hydrogens is 515 g/mol. The maximum atomic E-state index is 5.07. The number of pyridine rings is 2. The van der Waals surface area contributed by atoms with Gasteiger partial charge in [-0.1, -0.05) is 77.5 Å². The number of aromatic nitrogens is 3. The molecular formula is C34H25N3S2. The predicted molar refractivity (Wildman–Crippen MR) is 167 cm³/mol. The number of fused-ring (bicyclic) bond motifs is 4. The maximum absolute atomic E-state index is 5.07. The van der Waals surface area contributed by atoms with E-state index in [0.29, 0.717) is 0 Å². The van der Waals surface area contributed by atoms with Crippen LogP contribution in [0.15, 0.2) is 124 Å². The van der Waals surface area contributed by atoms with E-state index in [1.54, 1.807) is 11.8 Å². The highest BCUT2D eigenvalue weighted by atomic mass is 32.2. The number of thiol groups is 1. The molecule has 0 amide bonds. The average molecular weight is 540 g/mol. The summed E-state index contributed by atoms with van der Waals surface area (Å²) in [4.78, 5) is 11.7. The molecule has 0 saturated carbocycles. The van der Waals surface area contributed by atoms with Gasteiger partial charge >= 0.3 is 0 Å². The number of para-hydroxylation sites is 1. The summed E-state index contributed by atoms with van der Waals surface area (Å²) in [5.74, 6) is 0.910. The highest BCUT2D eigenvalue weighted by molar-refractivity contribution is 7.99. The van der Waals surface area contributed by atoms with Crippen molar-refractivity contribution in [2.75, 3.05) is 0 Å². The molecule has 0 unspecified atom stereocenters. The Hall–Kier alpha value is -4.06. The van der Waals surface area contributed by atoms with Crippen LogP contribution in [-0.4, -0.2) is 14.5 Å². The summed E-state index contributed by atoms with van der Waals surface area (Å²) in [5, 5.41) is 4.48. The van der Waals surface area contributed by atoms with Gasteiger partial charge in [0.1, 0.15) is 10.8 Å². The lowest BCUT2D eigenvalue weighted by atomic mass is 9.97. The van der Waals surface area contributed by atoms with Crippen molar-refractivity contribution in [2.45, 2.75) is 28.7 Å². The van der Waals surface area contributed by atoms with Crippen molar-refractivity contribution >= 4 is 57.1 Å². The number of aryl methyl sites for hydroxylation is 2. The van der Waals surface area contributed by atoms with Gasteiger partial charge in [-0.3, -0.25) is 4.57 Å². The van der Waals surface area contributed by atoms with Crippen molar-refractivity contribution < 1.29 is 0 Å². The summed E-state index contributed by atoms with van der Waals surface area (Å²) in [5.41, 5.74) is 8.10. The second kappa shape index (κ2) is 9.60. The average Bonchev–Trinajstić information content (AvgIpc) is 3.27. The Morgan fingerprint density at radius 1 is 0.692 bits per heavy atom. The Bertz CT molecular complexity index is 2010. The van der Waals surface area contributed by atoms with Gasteiger partial charge in [-0.15, -0.1) is 12.6 Å². The third-order valence-corrected chi connectivity index (χ3v) is 8.38. The van der Waals surface area contributed by atoms with Crippen molar-refractivity contribution in [3.63, 3.8) is 0 Å². The van der Waals surface area contributed by atoms with Gasteiger partial charge in [-0.05, 0) is 73.5 Å². The van der Waals surface area contributed by atoms with E-state index in [1.807, 2.05) is 18.3 Å². The van der Waals surface area contributed by atoms with Crippen LogP contribution in [0.4, 0.5) is 0 Å². The number of nitrogens with zero attached hydrogens (tertiary/aromatic N) is 3. The minimum atomic E-state index is 0.881. The first kappa shape index (κ1) is 24.0. The van der Waals surface area contributed by atoms with Crippen LogP contribution < -0.4 is 0 Å². The molecule has 4 aromatic carbocycles. The molecule has 3 nitrogen and oxygen atoms in total. The van der Waals surface area contributed by atoms with Gasteiger partial charge in [-0.2, -0.15) is 0 Å². The maximum Gasteiger partial charge on any atom is 0.137 e. The molecule has 0 saturated heterocycles. The Balaban J connectivity index is 1.33. The molecule has 0 aliphatic heterocycles. The minimum Gasteiger partial charge on any atom is -0.294 e. The zero-order chi connectivity index (χ0) is 26.5. The van der Waals surface area contributed by atoms with E-state index < -0.39 is 0 Å². The van der Waals surface area contributed by atoms with Gasteiger partial charge in [-0.25, -0.2) is 9.97 Å². The molecule has 0 spiro atoms. The van der Waals surface area contributed by atoms with Crippen LogP contribution in [0.25, 0.3) is 49.7 Å². The molecule has 0 atom stereocenters. The Morgan fingerprint density at radius 2 is 1.46 bits per heavy atom. The van der Waals surface area contributed by atoms with Gasteiger partial charge in [0, 0.05) is 32.1 Å². The number of hydrogen-bond donors (Lipinski definition) is 1. The summed E-state index contributed by atoms with van der Waals surface area (Å²) in [7, 11) is 0. The fourth-order valence-corrected chi connectivity index (χ4v) is 6.56. The quantitative estimate of drug-likeness (QED) is 0.226. The predicted octanol–water partition coefficient (Wildman–Crippen LogP) is 9.45. The van der Waals surface area contributed by atoms with Crippen molar-refractivity contribution in [1.82, 2.24) is 14.5 Å². The molecule has 0 bridgehead atoms. The standard InChI is InChI=1S/C34H25N3S2/c1-21-17-22(2)19-23(18-21)25-12-14-31(38)34-28(25)13-15-33(36-34)39-24-10-11-27-26-7-3-4-8-29(26)37(30(27)20-24)32-9-5-6-16-35-32/h3-20,38H,1-2H3. The molecule has 0 aliphatic carbocycles. The van der Waals surface area contributed by atoms with Crippen LogP contribution in [0.2, 0.25) is 0 Å². The molecule has 0 fully saturated rings. The Morgan fingerprint density at radius 3 is 2.28 bits per heavy atom. The lowest BCUT2D eigenvalue weighted by Crippen LogP contribution is -1.96. The molecule has 5 heteroatoms. The number of benzene rings is 4. The van der Waals surface area contributed by atoms with Crippen LogP contribution in [0.5, 0.6) is 0 Å². The van der Waals surface area contributed by atoms with Gasteiger partial charge in [0.2, 0.25) is 0 Å². The minimum absolute atomic E-state index is 0.881. The molecule has 3 aromatic heterocycles. The summed E-state index contributed by atoms with van der Waals surface area (Å²) in [6.07, 6.45) is 1.84. The fraction of sp³-hybridized carbons (Fsp3) is 0.0588. The summed E-state index contributed by atoms with van der Waals surface area (Å²) >= 11 is 6.44. The van der Waals surface area contributed by atoms with Gasteiger partial charge in [0.05, 0.1) is 16.6 Å². The van der Waals surface area contributed by atoms with Gasteiger partial charge in [0.25, 0.3) is 0 Å². The molecule has 39 heavy (non-hydrogen) atoms. The topological polar surface area (TPSA) is 30.7 Å². The lowest BCUT2D eigenvalue weighted by molar-refractivity contribution is 1.08. The van der Waals surface area contributed by atoms with Gasteiger partial charge in [0.15, 0.2) is 0 Å². The SMILES string of the molecule is Cc1cc(C)cc(-c2ccc(S)c3nc(Sc4ccc5c6ccccc6n(-c6ccccn6)c5c4)ccc23)c1. The van der Waals surface area contributed by atoms with E-state index in [9.17, 15) is 0 Å². The molecule has 7 rings (SSSR count). The Labute approximate surface area is 237 Å². The molecule has 0 N–H and O–H groups in total. The van der Waals surface area contributed by atoms with Crippen LogP contribution >= 0.6 is 24.4 Å². The van der Waals surface area contributed by atoms with E-state index in [4.69, 9.17) is 17.6 Å². The molecule has 188 valence electrons. The third-order valence-electron chi connectivity index (χ3n) is 7.09. The van der Waals surface area contributed by atoms with Crippen LogP contribution in [0.1, 0.15) is 11.1 Å². The highest BCUT2D eigenvalue weighted by Crippen LogP contribution is 2.38. The number of hydrogen-bond acceptors (Lipinski definition) is 4. The second-order valence-electron chi connectivity index (χ2n) is 9.88. The van der Waals surface area contributed by atoms with Crippen LogP contribution in [0.3, 0.4) is 0 Å². The van der Waals surface area contributed by atoms with Crippen LogP contribution in [0, 0.1) is 13.8 Å². The smallest absolute Gasteiger partial charge is 0.137 e. The van der Waals surface area contributed by atoms with E-state index in [1.165, 1.54) is 33.0 Å². The van der Waals surface area contributed by atoms with E-state index in [-0.39, 0.29) is 0 Å². The van der Waals surface area contributed by atoms with Gasteiger partial charge < -0.3 is 0 Å². The number of rotatable bonds is 4. The first-order valence-corrected chi connectivity index (χ1v) is 14.2. The van der Waals surface area contributed by atoms with E-state index in [0.717, 1.165) is 42.6 Å². The van der Waals surface area contributed by atoms with E-state index >= 15 is 0 Å². The zero-order valence-electron chi connectivity index (χ0n) is 21.6. The van der Waals surface area contributed by atoms with Crippen molar-refractivity contribution in [1.29, 1.82) is 0 Å². The first-order valence-electron chi connectivity index (χ1n) is 12.9. The van der Waals surface area contributed by atoms with Crippen molar-refractivity contribution in [3.8, 4) is 16.9 Å². The molecule has 7 aromatic rings.